The molecule has 2 nitrogen and oxygen atoms in total. The van der Waals surface area contributed by atoms with Crippen LogP contribution >= 0.6 is 0 Å². The number of piperidine rings is 1. The van der Waals surface area contributed by atoms with Gasteiger partial charge in [0.1, 0.15) is 0 Å². The minimum Gasteiger partial charge on any atom is -0.314 e. The molecule has 0 aromatic heterocycles. The molecule has 1 saturated carbocycles. The smallest absolute Gasteiger partial charge is 0.00683 e. The van der Waals surface area contributed by atoms with Gasteiger partial charge in [0.25, 0.3) is 0 Å². The van der Waals surface area contributed by atoms with E-state index in [1.807, 2.05) is 0 Å². The van der Waals surface area contributed by atoms with Gasteiger partial charge >= 0.3 is 0 Å². The number of nitrogens with one attached hydrogen (secondary N) is 1. The Labute approximate surface area is 107 Å². The van der Waals surface area contributed by atoms with Crippen LogP contribution in [0.2, 0.25) is 0 Å². The van der Waals surface area contributed by atoms with Crippen molar-refractivity contribution < 1.29 is 0 Å². The Hall–Kier alpha value is -0.0800. The van der Waals surface area contributed by atoms with Gasteiger partial charge < -0.3 is 10.2 Å². The predicted octanol–water partition coefficient (Wildman–Crippen LogP) is 2.89. The Morgan fingerprint density at radius 3 is 2.82 bits per heavy atom. The highest BCUT2D eigenvalue weighted by Crippen LogP contribution is 2.22. The van der Waals surface area contributed by atoms with Gasteiger partial charge in [-0.3, -0.25) is 0 Å². The molecule has 1 saturated heterocycles. The van der Waals surface area contributed by atoms with Gasteiger partial charge in [-0.25, -0.2) is 0 Å². The third-order valence-electron chi connectivity index (χ3n) is 4.23. The predicted molar refractivity (Wildman–Crippen MR) is 74.3 cm³/mol. The van der Waals surface area contributed by atoms with Crippen molar-refractivity contribution in [3.05, 3.63) is 0 Å². The summed E-state index contributed by atoms with van der Waals surface area (Å²) in [4.78, 5) is 2.71. The second-order valence-corrected chi connectivity index (χ2v) is 6.34. The molecule has 2 aliphatic rings. The van der Waals surface area contributed by atoms with Crippen LogP contribution in [0.25, 0.3) is 0 Å². The fourth-order valence-electron chi connectivity index (χ4n) is 3.13. The Morgan fingerprint density at radius 1 is 1.29 bits per heavy atom. The fourth-order valence-corrected chi connectivity index (χ4v) is 3.13. The van der Waals surface area contributed by atoms with Crippen molar-refractivity contribution in [1.29, 1.82) is 0 Å². The van der Waals surface area contributed by atoms with Crippen LogP contribution < -0.4 is 5.32 Å². The van der Waals surface area contributed by atoms with Crippen LogP contribution in [0.15, 0.2) is 0 Å². The van der Waals surface area contributed by atoms with Crippen molar-refractivity contribution in [3.63, 3.8) is 0 Å². The maximum atomic E-state index is 3.70. The fraction of sp³-hybridized carbons (Fsp3) is 1.00. The highest BCUT2D eigenvalue weighted by Gasteiger charge is 2.25. The molecule has 0 amide bonds. The molecule has 2 unspecified atom stereocenters. The summed E-state index contributed by atoms with van der Waals surface area (Å²) in [6, 6.07) is 0.879. The number of rotatable bonds is 7. The minimum atomic E-state index is 0.879. The van der Waals surface area contributed by atoms with Crippen molar-refractivity contribution in [2.24, 2.45) is 11.8 Å². The second-order valence-electron chi connectivity index (χ2n) is 6.34. The number of likely N-dealkylation sites (tertiary alicyclic amines) is 1. The molecule has 0 radical (unpaired) electrons. The lowest BCUT2D eigenvalue weighted by Gasteiger charge is -2.34. The van der Waals surface area contributed by atoms with Crippen molar-refractivity contribution in [2.45, 2.75) is 58.4 Å². The minimum absolute atomic E-state index is 0.879. The van der Waals surface area contributed by atoms with Gasteiger partial charge in [-0.15, -0.1) is 0 Å². The average molecular weight is 238 g/mol. The Kier molecular flexibility index (Phi) is 5.30. The molecule has 100 valence electrons. The third kappa shape index (κ3) is 4.97. The van der Waals surface area contributed by atoms with Crippen LogP contribution in [-0.4, -0.2) is 37.1 Å². The Bertz CT molecular complexity index is 213. The molecule has 1 aliphatic heterocycles. The molecule has 1 aliphatic carbocycles. The van der Waals surface area contributed by atoms with E-state index >= 15 is 0 Å². The van der Waals surface area contributed by atoms with Crippen molar-refractivity contribution in [3.8, 4) is 0 Å². The van der Waals surface area contributed by atoms with Gasteiger partial charge in [-0.05, 0) is 57.0 Å². The van der Waals surface area contributed by atoms with Gasteiger partial charge in [0.05, 0.1) is 0 Å². The monoisotopic (exact) mass is 238 g/mol. The molecule has 0 spiro atoms. The zero-order valence-corrected chi connectivity index (χ0v) is 11.8. The molecule has 17 heavy (non-hydrogen) atoms. The quantitative estimate of drug-likeness (QED) is 0.733. The zero-order valence-electron chi connectivity index (χ0n) is 11.8. The third-order valence-corrected chi connectivity index (χ3v) is 4.23. The SMILES string of the molecule is CCCC(C)CN1CCCC(CNC2CC2)C1. The molecule has 0 aromatic carbocycles. The van der Waals surface area contributed by atoms with E-state index in [-0.39, 0.29) is 0 Å². The standard InChI is InChI=1S/C15H30N2/c1-3-5-13(2)11-17-9-4-6-14(12-17)10-16-15-7-8-15/h13-16H,3-12H2,1-2H3. The summed E-state index contributed by atoms with van der Waals surface area (Å²) in [5.41, 5.74) is 0. The van der Waals surface area contributed by atoms with E-state index in [0.717, 1.165) is 17.9 Å². The molecule has 0 aromatic rings. The Balaban J connectivity index is 1.64. The van der Waals surface area contributed by atoms with Gasteiger partial charge in [0.15, 0.2) is 0 Å². The van der Waals surface area contributed by atoms with Crippen molar-refractivity contribution in [1.82, 2.24) is 10.2 Å². The van der Waals surface area contributed by atoms with E-state index in [2.05, 4.69) is 24.1 Å². The van der Waals surface area contributed by atoms with E-state index in [1.165, 1.54) is 64.7 Å². The van der Waals surface area contributed by atoms with E-state index in [9.17, 15) is 0 Å². The first-order valence-electron chi connectivity index (χ1n) is 7.73. The molecule has 2 heteroatoms. The highest BCUT2D eigenvalue weighted by molar-refractivity contribution is 4.83. The van der Waals surface area contributed by atoms with Crippen LogP contribution in [0.5, 0.6) is 0 Å². The molecular weight excluding hydrogens is 208 g/mol. The van der Waals surface area contributed by atoms with E-state index in [4.69, 9.17) is 0 Å². The van der Waals surface area contributed by atoms with Crippen LogP contribution in [0.4, 0.5) is 0 Å². The van der Waals surface area contributed by atoms with Gasteiger partial charge in [-0.1, -0.05) is 20.3 Å². The maximum absolute atomic E-state index is 3.70. The molecule has 2 fully saturated rings. The summed E-state index contributed by atoms with van der Waals surface area (Å²) in [7, 11) is 0. The summed E-state index contributed by atoms with van der Waals surface area (Å²) in [5, 5.41) is 3.70. The molecule has 1 heterocycles. The second kappa shape index (κ2) is 6.75. The van der Waals surface area contributed by atoms with Gasteiger partial charge in [0.2, 0.25) is 0 Å². The number of nitrogens with zero attached hydrogens (tertiary/aromatic N) is 1. The Morgan fingerprint density at radius 2 is 2.12 bits per heavy atom. The molecule has 0 bridgehead atoms. The van der Waals surface area contributed by atoms with Crippen molar-refractivity contribution >= 4 is 0 Å². The number of hydrogen-bond acceptors (Lipinski definition) is 2. The van der Waals surface area contributed by atoms with Gasteiger partial charge in [-0.2, -0.15) is 0 Å². The molecular formula is C15H30N2. The summed E-state index contributed by atoms with van der Waals surface area (Å²) in [6.07, 6.45) is 8.42. The van der Waals surface area contributed by atoms with Crippen LogP contribution in [0, 0.1) is 11.8 Å². The van der Waals surface area contributed by atoms with E-state index < -0.39 is 0 Å². The highest BCUT2D eigenvalue weighted by atomic mass is 15.1. The summed E-state index contributed by atoms with van der Waals surface area (Å²) in [5.74, 6) is 1.80. The van der Waals surface area contributed by atoms with Crippen molar-refractivity contribution in [2.75, 3.05) is 26.2 Å². The average Bonchev–Trinajstić information content (AvgIpc) is 3.11. The maximum Gasteiger partial charge on any atom is 0.00683 e. The normalized spacial score (nSPS) is 28.2. The lowest BCUT2D eigenvalue weighted by Crippen LogP contribution is -2.41. The molecule has 1 N–H and O–H groups in total. The largest absolute Gasteiger partial charge is 0.314 e. The molecule has 2 rings (SSSR count). The van der Waals surface area contributed by atoms with Crippen LogP contribution in [-0.2, 0) is 0 Å². The summed E-state index contributed by atoms with van der Waals surface area (Å²) < 4.78 is 0. The summed E-state index contributed by atoms with van der Waals surface area (Å²) in [6.45, 7) is 9.99. The lowest BCUT2D eigenvalue weighted by molar-refractivity contribution is 0.150. The van der Waals surface area contributed by atoms with Crippen LogP contribution in [0.1, 0.15) is 52.4 Å². The first kappa shape index (κ1) is 13.4. The first-order chi connectivity index (χ1) is 8.28. The lowest BCUT2D eigenvalue weighted by atomic mass is 9.96. The van der Waals surface area contributed by atoms with Gasteiger partial charge in [0, 0.05) is 19.1 Å². The summed E-state index contributed by atoms with van der Waals surface area (Å²) >= 11 is 0. The number of hydrogen-bond donors (Lipinski definition) is 1. The van der Waals surface area contributed by atoms with E-state index in [0.29, 0.717) is 0 Å². The first-order valence-corrected chi connectivity index (χ1v) is 7.73. The topological polar surface area (TPSA) is 15.3 Å². The van der Waals surface area contributed by atoms with Crippen LogP contribution in [0.3, 0.4) is 0 Å². The molecule has 2 atom stereocenters. The van der Waals surface area contributed by atoms with E-state index in [1.54, 1.807) is 0 Å². The zero-order chi connectivity index (χ0) is 12.1.